The number of hydrogen-bond donors (Lipinski definition) is 4. The van der Waals surface area contributed by atoms with Crippen LogP contribution in [-0.4, -0.2) is 94.9 Å². The third-order valence-electron chi connectivity index (χ3n) is 6.27. The molecule has 0 saturated carbocycles. The largest absolute Gasteiger partial charge is 0.480 e. The van der Waals surface area contributed by atoms with Gasteiger partial charge in [0.2, 0.25) is 17.7 Å². The minimum absolute atomic E-state index is 0.00615. The van der Waals surface area contributed by atoms with Gasteiger partial charge in [-0.05, 0) is 37.3 Å². The molecule has 1 heterocycles. The van der Waals surface area contributed by atoms with Crippen LogP contribution in [0.5, 0.6) is 0 Å². The highest BCUT2D eigenvalue weighted by atomic mass is 32.1. The molecular weight excluding hydrogens is 564 g/mol. The second kappa shape index (κ2) is 16.3. The molecule has 2 aromatic rings. The summed E-state index contributed by atoms with van der Waals surface area (Å²) in [4.78, 5) is 56.6. The van der Waals surface area contributed by atoms with Crippen LogP contribution in [0.4, 0.5) is 0 Å². The highest BCUT2D eigenvalue weighted by Crippen LogP contribution is 2.27. The maximum Gasteiger partial charge on any atom is 0.329 e. The van der Waals surface area contributed by atoms with Crippen LogP contribution in [0, 0.1) is 12.3 Å². The van der Waals surface area contributed by atoms with Crippen LogP contribution in [0.2, 0.25) is 0 Å². The Bertz CT molecular complexity index is 1190. The monoisotopic (exact) mass is 606 g/mol. The predicted octanol–water partition coefficient (Wildman–Crippen LogP) is 1.98. The zero-order chi connectivity index (χ0) is 31.4. The van der Waals surface area contributed by atoms with Crippen molar-refractivity contribution in [2.75, 3.05) is 33.0 Å². The summed E-state index contributed by atoms with van der Waals surface area (Å²) < 4.78 is 10.1. The third-order valence-corrected chi connectivity index (χ3v) is 7.25. The molecule has 0 radical (unpaired) electrons. The number of amides is 3. The topological polar surface area (TPSA) is 167 Å². The quantitative estimate of drug-likeness (QED) is 0.209. The van der Waals surface area contributed by atoms with Gasteiger partial charge < -0.3 is 35.2 Å². The van der Waals surface area contributed by atoms with Crippen molar-refractivity contribution in [2.45, 2.75) is 66.3 Å². The van der Waals surface area contributed by atoms with E-state index in [9.17, 15) is 24.3 Å². The number of nitrogens with one attached hydrogen (secondary N) is 2. The summed E-state index contributed by atoms with van der Waals surface area (Å²) in [6.45, 7) is 9.65. The van der Waals surface area contributed by atoms with Crippen LogP contribution in [0.25, 0.3) is 10.4 Å². The highest BCUT2D eigenvalue weighted by Gasteiger charge is 2.39. The van der Waals surface area contributed by atoms with E-state index in [0.717, 1.165) is 21.7 Å². The standard InChI is InChI=1S/C29H42N4O8S/c1-18(34)14-33(28(39)26(29(4,5)6)32-23(35)15-40-11-12-41-16-24(36)37)20(3)27(38)30-13-21-7-9-22(10-8-21)25-19(2)31-17-42-25/h7-10,17-18,20,26,34H,11-16H2,1-6H3,(H,30,38)(H,32,35)(H,36,37)/t18-,20-,26+/m0/s1. The van der Waals surface area contributed by atoms with Gasteiger partial charge in [-0.25, -0.2) is 9.78 Å². The predicted molar refractivity (Wildman–Crippen MR) is 158 cm³/mol. The van der Waals surface area contributed by atoms with Crippen LogP contribution in [0.15, 0.2) is 29.8 Å². The lowest BCUT2D eigenvalue weighted by molar-refractivity contribution is -0.147. The number of carbonyl (C=O) groups is 4. The first kappa shape index (κ1) is 34.8. The van der Waals surface area contributed by atoms with Gasteiger partial charge in [0, 0.05) is 13.1 Å². The fraction of sp³-hybridized carbons (Fsp3) is 0.552. The number of aliphatic carboxylic acids is 1. The van der Waals surface area contributed by atoms with Crippen molar-refractivity contribution < 1.29 is 38.9 Å². The zero-order valence-electron chi connectivity index (χ0n) is 25.0. The second-order valence-electron chi connectivity index (χ2n) is 11.1. The third kappa shape index (κ3) is 11.1. The molecule has 3 amide bonds. The molecule has 0 fully saturated rings. The summed E-state index contributed by atoms with van der Waals surface area (Å²) in [5.41, 5.74) is 3.94. The number of aliphatic hydroxyl groups is 1. The maximum atomic E-state index is 13.7. The van der Waals surface area contributed by atoms with E-state index in [-0.39, 0.29) is 32.9 Å². The summed E-state index contributed by atoms with van der Waals surface area (Å²) in [6, 6.07) is 5.83. The summed E-state index contributed by atoms with van der Waals surface area (Å²) in [6.07, 6.45) is -0.919. The van der Waals surface area contributed by atoms with Gasteiger partial charge in [-0.3, -0.25) is 14.4 Å². The van der Waals surface area contributed by atoms with Gasteiger partial charge in [0.1, 0.15) is 25.3 Å². The summed E-state index contributed by atoms with van der Waals surface area (Å²) >= 11 is 1.56. The molecule has 42 heavy (non-hydrogen) atoms. The number of carbonyl (C=O) groups excluding carboxylic acids is 3. The Kier molecular flexibility index (Phi) is 13.5. The van der Waals surface area contributed by atoms with Crippen LogP contribution in [0.3, 0.4) is 0 Å². The van der Waals surface area contributed by atoms with E-state index in [1.807, 2.05) is 31.2 Å². The minimum Gasteiger partial charge on any atom is -0.480 e. The van der Waals surface area contributed by atoms with E-state index in [1.54, 1.807) is 44.5 Å². The van der Waals surface area contributed by atoms with Gasteiger partial charge >= 0.3 is 5.97 Å². The minimum atomic E-state index is -1.11. The molecule has 4 N–H and O–H groups in total. The van der Waals surface area contributed by atoms with Gasteiger partial charge in [-0.15, -0.1) is 11.3 Å². The van der Waals surface area contributed by atoms with Crippen molar-refractivity contribution in [3.8, 4) is 10.4 Å². The molecule has 0 aliphatic heterocycles. The Hall–Kier alpha value is -3.39. The maximum absolute atomic E-state index is 13.7. The van der Waals surface area contributed by atoms with Crippen molar-refractivity contribution in [1.82, 2.24) is 20.5 Å². The second-order valence-corrected chi connectivity index (χ2v) is 11.9. The van der Waals surface area contributed by atoms with E-state index >= 15 is 0 Å². The van der Waals surface area contributed by atoms with Crippen LogP contribution >= 0.6 is 11.3 Å². The Morgan fingerprint density at radius 2 is 1.67 bits per heavy atom. The average Bonchev–Trinajstić information content (AvgIpc) is 3.35. The van der Waals surface area contributed by atoms with Crippen LogP contribution in [0.1, 0.15) is 45.9 Å². The first-order valence-corrected chi connectivity index (χ1v) is 14.5. The van der Waals surface area contributed by atoms with E-state index in [1.165, 1.54) is 11.8 Å². The van der Waals surface area contributed by atoms with Gasteiger partial charge in [0.05, 0.1) is 35.4 Å². The molecule has 0 aliphatic rings. The number of aliphatic hydroxyl groups excluding tert-OH is 1. The molecular formula is C29H42N4O8S. The number of aryl methyl sites for hydroxylation is 1. The van der Waals surface area contributed by atoms with Crippen molar-refractivity contribution in [1.29, 1.82) is 0 Å². The molecule has 0 spiro atoms. The fourth-order valence-corrected chi connectivity index (χ4v) is 4.83. The van der Waals surface area contributed by atoms with Crippen LogP contribution < -0.4 is 10.6 Å². The summed E-state index contributed by atoms with van der Waals surface area (Å²) in [5.74, 6) is -2.60. The summed E-state index contributed by atoms with van der Waals surface area (Å²) in [5, 5.41) is 24.3. The average molecular weight is 607 g/mol. The van der Waals surface area contributed by atoms with Crippen molar-refractivity contribution >= 4 is 35.0 Å². The van der Waals surface area contributed by atoms with Gasteiger partial charge in [0.15, 0.2) is 0 Å². The van der Waals surface area contributed by atoms with Crippen molar-refractivity contribution in [2.24, 2.45) is 5.41 Å². The fourth-order valence-electron chi connectivity index (χ4n) is 4.01. The number of aromatic nitrogens is 1. The molecule has 1 aromatic carbocycles. The Labute approximate surface area is 250 Å². The molecule has 13 heteroatoms. The van der Waals surface area contributed by atoms with Crippen molar-refractivity contribution in [3.63, 3.8) is 0 Å². The number of rotatable bonds is 16. The number of carboxylic acid groups (broad SMARTS) is 1. The van der Waals surface area contributed by atoms with Gasteiger partial charge in [0.25, 0.3) is 0 Å². The Morgan fingerprint density at radius 3 is 2.19 bits per heavy atom. The lowest BCUT2D eigenvalue weighted by atomic mass is 9.85. The Balaban J connectivity index is 2.03. The number of benzene rings is 1. The first-order chi connectivity index (χ1) is 19.7. The number of carboxylic acids is 1. The van der Waals surface area contributed by atoms with E-state index in [4.69, 9.17) is 14.6 Å². The SMILES string of the molecule is Cc1ncsc1-c1ccc(CNC(=O)[C@H](C)N(C[C@H](C)O)C(=O)[C@@H](NC(=O)COCCOCC(=O)O)C(C)(C)C)cc1. The van der Waals surface area contributed by atoms with Gasteiger partial charge in [-0.2, -0.15) is 0 Å². The van der Waals surface area contributed by atoms with E-state index in [2.05, 4.69) is 15.6 Å². The molecule has 0 saturated heterocycles. The zero-order valence-corrected chi connectivity index (χ0v) is 25.8. The first-order valence-electron chi connectivity index (χ1n) is 13.6. The number of thiazole rings is 1. The van der Waals surface area contributed by atoms with Crippen LogP contribution in [-0.2, 0) is 35.2 Å². The highest BCUT2D eigenvalue weighted by molar-refractivity contribution is 7.13. The molecule has 2 rings (SSSR count). The smallest absolute Gasteiger partial charge is 0.329 e. The molecule has 1 aromatic heterocycles. The number of hydrogen-bond acceptors (Lipinski definition) is 9. The molecule has 0 bridgehead atoms. The lowest BCUT2D eigenvalue weighted by Gasteiger charge is -2.37. The Morgan fingerprint density at radius 1 is 1.05 bits per heavy atom. The van der Waals surface area contributed by atoms with E-state index in [0.29, 0.717) is 0 Å². The van der Waals surface area contributed by atoms with Crippen molar-refractivity contribution in [3.05, 3.63) is 41.0 Å². The lowest BCUT2D eigenvalue weighted by Crippen LogP contribution is -2.60. The molecule has 0 aliphatic carbocycles. The number of ether oxygens (including phenoxy) is 2. The van der Waals surface area contributed by atoms with Gasteiger partial charge in [-0.1, -0.05) is 45.0 Å². The normalized spacial score (nSPS) is 13.6. The molecule has 12 nitrogen and oxygen atoms in total. The molecule has 0 unspecified atom stereocenters. The summed E-state index contributed by atoms with van der Waals surface area (Å²) in [7, 11) is 0. The molecule has 3 atom stereocenters. The molecule has 232 valence electrons. The van der Waals surface area contributed by atoms with E-state index < -0.39 is 53.9 Å². The number of nitrogens with zero attached hydrogens (tertiary/aromatic N) is 2.